The van der Waals surface area contributed by atoms with Crippen molar-refractivity contribution < 1.29 is 24.2 Å². The number of carbonyl (C=O) groups excluding carboxylic acids is 2. The largest absolute Gasteiger partial charge is 0.458 e. The van der Waals surface area contributed by atoms with Crippen LogP contribution >= 0.6 is 0 Å². The lowest BCUT2D eigenvalue weighted by atomic mass is 10.1. The summed E-state index contributed by atoms with van der Waals surface area (Å²) in [4.78, 5) is 25.4. The molecule has 1 heterocycles. The van der Waals surface area contributed by atoms with Gasteiger partial charge in [-0.1, -0.05) is 0 Å². The first-order valence-corrected chi connectivity index (χ1v) is 6.81. The van der Waals surface area contributed by atoms with Crippen molar-refractivity contribution in [3.63, 3.8) is 0 Å². The molecule has 1 N–H and O–H groups in total. The Morgan fingerprint density at radius 2 is 1.55 bits per heavy atom. The lowest BCUT2D eigenvalue weighted by Gasteiger charge is -2.30. The Bertz CT molecular complexity index is 380. The van der Waals surface area contributed by atoms with Crippen molar-refractivity contribution in [2.45, 2.75) is 71.3 Å². The van der Waals surface area contributed by atoms with Crippen molar-refractivity contribution >= 4 is 12.1 Å². The average molecular weight is 287 g/mol. The minimum Gasteiger partial charge on any atom is -0.458 e. The molecule has 2 atom stereocenters. The number of esters is 1. The highest BCUT2D eigenvalue weighted by Crippen LogP contribution is 2.24. The molecular formula is C14H25NO5. The van der Waals surface area contributed by atoms with Gasteiger partial charge in [0.15, 0.2) is 6.04 Å². The summed E-state index contributed by atoms with van der Waals surface area (Å²) < 4.78 is 10.5. The van der Waals surface area contributed by atoms with Gasteiger partial charge in [0.25, 0.3) is 0 Å². The summed E-state index contributed by atoms with van der Waals surface area (Å²) in [5, 5.41) is 9.92. The van der Waals surface area contributed by atoms with E-state index in [1.807, 2.05) is 0 Å². The summed E-state index contributed by atoms with van der Waals surface area (Å²) in [7, 11) is 0. The van der Waals surface area contributed by atoms with Crippen molar-refractivity contribution in [1.29, 1.82) is 0 Å². The van der Waals surface area contributed by atoms with Crippen molar-refractivity contribution in [2.75, 3.05) is 6.54 Å². The summed E-state index contributed by atoms with van der Waals surface area (Å²) >= 11 is 0. The fraction of sp³-hybridized carbons (Fsp3) is 0.857. The Morgan fingerprint density at radius 1 is 1.05 bits per heavy atom. The predicted octanol–water partition coefficient (Wildman–Crippen LogP) is 1.70. The van der Waals surface area contributed by atoms with Crippen molar-refractivity contribution in [3.05, 3.63) is 0 Å². The SMILES string of the molecule is CC(C)(C)OC(=O)[C@@H]1[C@@H](O)CCN1C(=O)OC(C)(C)C. The summed E-state index contributed by atoms with van der Waals surface area (Å²) in [6.45, 7) is 10.7. The van der Waals surface area contributed by atoms with E-state index in [1.54, 1.807) is 41.5 Å². The number of aliphatic hydroxyl groups is 1. The van der Waals surface area contributed by atoms with Gasteiger partial charge in [-0.3, -0.25) is 4.90 Å². The average Bonchev–Trinajstić information content (AvgIpc) is 2.54. The number of ether oxygens (including phenoxy) is 2. The number of carbonyl (C=O) groups is 2. The van der Waals surface area contributed by atoms with Crippen LogP contribution in [0.15, 0.2) is 0 Å². The van der Waals surface area contributed by atoms with Crippen LogP contribution in [0.25, 0.3) is 0 Å². The number of likely N-dealkylation sites (tertiary alicyclic amines) is 1. The van der Waals surface area contributed by atoms with Gasteiger partial charge < -0.3 is 14.6 Å². The van der Waals surface area contributed by atoms with Gasteiger partial charge in [-0.15, -0.1) is 0 Å². The molecule has 1 fully saturated rings. The fourth-order valence-corrected chi connectivity index (χ4v) is 1.95. The lowest BCUT2D eigenvalue weighted by molar-refractivity contribution is -0.162. The molecule has 0 aromatic rings. The molecule has 0 unspecified atom stereocenters. The van der Waals surface area contributed by atoms with E-state index in [1.165, 1.54) is 4.90 Å². The minimum absolute atomic E-state index is 0.278. The van der Waals surface area contributed by atoms with Crippen LogP contribution < -0.4 is 0 Å². The number of rotatable bonds is 1. The molecule has 0 bridgehead atoms. The molecule has 116 valence electrons. The van der Waals surface area contributed by atoms with E-state index in [0.717, 1.165) is 0 Å². The zero-order valence-corrected chi connectivity index (χ0v) is 13.1. The van der Waals surface area contributed by atoms with Gasteiger partial charge in [-0.2, -0.15) is 0 Å². The summed E-state index contributed by atoms with van der Waals surface area (Å²) in [5.74, 6) is -0.603. The number of hydrogen-bond acceptors (Lipinski definition) is 5. The fourth-order valence-electron chi connectivity index (χ4n) is 1.95. The molecule has 20 heavy (non-hydrogen) atoms. The molecule has 0 saturated carbocycles. The van der Waals surface area contributed by atoms with Crippen LogP contribution in [-0.4, -0.2) is 52.0 Å². The summed E-state index contributed by atoms with van der Waals surface area (Å²) in [6, 6.07) is -0.996. The van der Waals surface area contributed by atoms with E-state index in [9.17, 15) is 14.7 Å². The molecule has 6 nitrogen and oxygen atoms in total. The molecule has 0 spiro atoms. The lowest BCUT2D eigenvalue weighted by Crippen LogP contribution is -2.49. The smallest absolute Gasteiger partial charge is 0.411 e. The highest BCUT2D eigenvalue weighted by Gasteiger charge is 2.44. The Hall–Kier alpha value is -1.30. The molecule has 0 aromatic carbocycles. The van der Waals surface area contributed by atoms with Crippen molar-refractivity contribution in [2.24, 2.45) is 0 Å². The van der Waals surface area contributed by atoms with E-state index in [-0.39, 0.29) is 6.54 Å². The molecule has 1 amide bonds. The molecule has 0 aliphatic carbocycles. The quantitative estimate of drug-likeness (QED) is 0.743. The number of amides is 1. The van der Waals surface area contributed by atoms with Gasteiger partial charge in [-0.05, 0) is 48.0 Å². The Labute approximate surface area is 120 Å². The second-order valence-corrected chi connectivity index (χ2v) is 7.01. The molecule has 1 aliphatic rings. The zero-order chi connectivity index (χ0) is 15.7. The molecule has 6 heteroatoms. The van der Waals surface area contributed by atoms with Gasteiger partial charge in [0, 0.05) is 6.54 Å². The normalized spacial score (nSPS) is 23.6. The topological polar surface area (TPSA) is 76.1 Å². The third kappa shape index (κ3) is 4.67. The second-order valence-electron chi connectivity index (χ2n) is 7.01. The van der Waals surface area contributed by atoms with E-state index in [0.29, 0.717) is 6.42 Å². The second kappa shape index (κ2) is 5.60. The molecule has 1 aliphatic heterocycles. The molecule has 1 rings (SSSR count). The first-order chi connectivity index (χ1) is 8.91. The molecule has 0 aromatic heterocycles. The van der Waals surface area contributed by atoms with E-state index < -0.39 is 35.4 Å². The Kier molecular flexibility index (Phi) is 4.69. The third-order valence-corrected chi connectivity index (χ3v) is 2.64. The summed E-state index contributed by atoms with van der Waals surface area (Å²) in [6.07, 6.45) is -1.19. The highest BCUT2D eigenvalue weighted by molar-refractivity contribution is 5.83. The molecule has 0 radical (unpaired) electrons. The maximum Gasteiger partial charge on any atom is 0.411 e. The van der Waals surface area contributed by atoms with Crippen molar-refractivity contribution in [3.8, 4) is 0 Å². The van der Waals surface area contributed by atoms with Crippen LogP contribution in [0.1, 0.15) is 48.0 Å². The van der Waals surface area contributed by atoms with Gasteiger partial charge >= 0.3 is 12.1 Å². The highest BCUT2D eigenvalue weighted by atomic mass is 16.6. The van der Waals surface area contributed by atoms with Crippen LogP contribution in [0.4, 0.5) is 4.79 Å². The van der Waals surface area contributed by atoms with Gasteiger partial charge in [0.05, 0.1) is 6.10 Å². The van der Waals surface area contributed by atoms with E-state index >= 15 is 0 Å². The minimum atomic E-state index is -0.996. The number of hydrogen-bond donors (Lipinski definition) is 1. The molecular weight excluding hydrogens is 262 g/mol. The Morgan fingerprint density at radius 3 is 2.00 bits per heavy atom. The van der Waals surface area contributed by atoms with Crippen molar-refractivity contribution in [1.82, 2.24) is 4.90 Å². The monoisotopic (exact) mass is 287 g/mol. The predicted molar refractivity (Wildman–Crippen MR) is 73.2 cm³/mol. The van der Waals surface area contributed by atoms with Gasteiger partial charge in [0.1, 0.15) is 11.2 Å². The van der Waals surface area contributed by atoms with Gasteiger partial charge in [-0.25, -0.2) is 9.59 Å². The standard InChI is InChI=1S/C14H25NO5/c1-13(2,3)19-11(17)10-9(16)7-8-15(10)12(18)20-14(4,5)6/h9-10,16H,7-8H2,1-6H3/t9-,10-/m0/s1. The Balaban J connectivity index is 2.81. The number of nitrogens with zero attached hydrogens (tertiary/aromatic N) is 1. The number of aliphatic hydroxyl groups excluding tert-OH is 1. The van der Waals surface area contributed by atoms with E-state index in [4.69, 9.17) is 9.47 Å². The van der Waals surface area contributed by atoms with E-state index in [2.05, 4.69) is 0 Å². The molecule has 1 saturated heterocycles. The van der Waals surface area contributed by atoms with Crippen LogP contribution in [0.5, 0.6) is 0 Å². The van der Waals surface area contributed by atoms with Gasteiger partial charge in [0.2, 0.25) is 0 Å². The van der Waals surface area contributed by atoms with Crippen LogP contribution in [0.3, 0.4) is 0 Å². The first kappa shape index (κ1) is 16.8. The summed E-state index contributed by atoms with van der Waals surface area (Å²) in [5.41, 5.74) is -1.32. The maximum atomic E-state index is 12.1. The zero-order valence-electron chi connectivity index (χ0n) is 13.1. The third-order valence-electron chi connectivity index (χ3n) is 2.64. The van der Waals surface area contributed by atoms with Crippen LogP contribution in [-0.2, 0) is 14.3 Å². The van der Waals surface area contributed by atoms with Crippen LogP contribution in [0.2, 0.25) is 0 Å². The first-order valence-electron chi connectivity index (χ1n) is 6.81. The van der Waals surface area contributed by atoms with Crippen LogP contribution in [0, 0.1) is 0 Å². The maximum absolute atomic E-state index is 12.1.